The fraction of sp³-hybridized carbons (Fsp3) is 0.462. The molecule has 0 aliphatic heterocycles. The van der Waals surface area contributed by atoms with Gasteiger partial charge in [0.05, 0.1) is 5.41 Å². The van der Waals surface area contributed by atoms with Crippen LogP contribution >= 0.6 is 0 Å². The highest BCUT2D eigenvalue weighted by atomic mass is 16.4. The number of carboxylic acids is 1. The quantitative estimate of drug-likeness (QED) is 0.825. The van der Waals surface area contributed by atoms with Gasteiger partial charge in [0.1, 0.15) is 0 Å². The normalized spacial score (nSPS) is 11.5. The molecule has 0 saturated heterocycles. The third kappa shape index (κ3) is 3.08. The fourth-order valence-electron chi connectivity index (χ4n) is 1.76. The van der Waals surface area contributed by atoms with Crippen LogP contribution in [0.4, 0.5) is 0 Å². The van der Waals surface area contributed by atoms with Crippen LogP contribution in [0.25, 0.3) is 0 Å². The highest BCUT2D eigenvalue weighted by molar-refractivity contribution is 5.74. The van der Waals surface area contributed by atoms with Gasteiger partial charge >= 0.3 is 5.97 Å². The Kier molecular flexibility index (Phi) is 3.18. The summed E-state index contributed by atoms with van der Waals surface area (Å²) < 4.78 is 0. The lowest BCUT2D eigenvalue weighted by molar-refractivity contribution is -0.146. The predicted molar refractivity (Wildman–Crippen MR) is 61.0 cm³/mol. The molecule has 0 fully saturated rings. The van der Waals surface area contributed by atoms with Gasteiger partial charge in [0.25, 0.3) is 0 Å². The summed E-state index contributed by atoms with van der Waals surface area (Å²) in [6.45, 7) is 7.58. The Bertz CT molecular complexity index is 358. The zero-order chi connectivity index (χ0) is 11.6. The minimum Gasteiger partial charge on any atom is -0.481 e. The van der Waals surface area contributed by atoms with E-state index in [4.69, 9.17) is 5.11 Å². The summed E-state index contributed by atoms with van der Waals surface area (Å²) in [4.78, 5) is 11.0. The van der Waals surface area contributed by atoms with E-state index in [-0.39, 0.29) is 0 Å². The van der Waals surface area contributed by atoms with Crippen LogP contribution in [0.3, 0.4) is 0 Å². The Morgan fingerprint density at radius 1 is 1.20 bits per heavy atom. The van der Waals surface area contributed by atoms with E-state index in [1.807, 2.05) is 13.8 Å². The minimum absolute atomic E-state index is 0.574. The third-order valence-electron chi connectivity index (χ3n) is 2.51. The predicted octanol–water partition coefficient (Wildman–Crippen LogP) is 2.96. The van der Waals surface area contributed by atoms with Gasteiger partial charge in [-0.1, -0.05) is 29.3 Å². The van der Waals surface area contributed by atoms with Crippen molar-refractivity contribution in [3.05, 3.63) is 34.9 Å². The van der Waals surface area contributed by atoms with Crippen molar-refractivity contribution in [1.82, 2.24) is 0 Å². The van der Waals surface area contributed by atoms with E-state index in [1.54, 1.807) is 13.8 Å². The molecule has 0 heterocycles. The lowest BCUT2D eigenvalue weighted by atomic mass is 9.85. The summed E-state index contributed by atoms with van der Waals surface area (Å²) in [5.41, 5.74) is 2.78. The molecule has 2 heteroatoms. The van der Waals surface area contributed by atoms with Gasteiger partial charge in [0.2, 0.25) is 0 Å². The van der Waals surface area contributed by atoms with Crippen LogP contribution in [0.15, 0.2) is 18.2 Å². The first-order chi connectivity index (χ1) is 6.81. The van der Waals surface area contributed by atoms with E-state index >= 15 is 0 Å². The topological polar surface area (TPSA) is 37.3 Å². The number of hydrogen-bond donors (Lipinski definition) is 1. The van der Waals surface area contributed by atoms with Gasteiger partial charge in [0.15, 0.2) is 0 Å². The van der Waals surface area contributed by atoms with E-state index in [0.717, 1.165) is 5.56 Å². The van der Waals surface area contributed by atoms with Crippen molar-refractivity contribution in [3.63, 3.8) is 0 Å². The summed E-state index contributed by atoms with van der Waals surface area (Å²) >= 11 is 0. The largest absolute Gasteiger partial charge is 0.481 e. The van der Waals surface area contributed by atoms with Crippen LogP contribution in [0, 0.1) is 19.3 Å². The van der Waals surface area contributed by atoms with Crippen molar-refractivity contribution in [2.24, 2.45) is 5.41 Å². The van der Waals surface area contributed by atoms with Crippen LogP contribution < -0.4 is 0 Å². The minimum atomic E-state index is -0.748. The molecular formula is C13H18O2. The van der Waals surface area contributed by atoms with Crippen molar-refractivity contribution in [2.45, 2.75) is 34.1 Å². The molecule has 1 aromatic carbocycles. The van der Waals surface area contributed by atoms with Crippen LogP contribution in [-0.2, 0) is 11.2 Å². The number of rotatable bonds is 3. The number of aliphatic carboxylic acids is 1. The van der Waals surface area contributed by atoms with Gasteiger partial charge in [0, 0.05) is 0 Å². The summed E-state index contributed by atoms with van der Waals surface area (Å²) in [6.07, 6.45) is 0.574. The molecule has 0 aliphatic carbocycles. The Morgan fingerprint density at radius 3 is 2.07 bits per heavy atom. The van der Waals surface area contributed by atoms with Crippen molar-refractivity contribution >= 4 is 5.97 Å². The van der Waals surface area contributed by atoms with E-state index in [2.05, 4.69) is 18.2 Å². The molecule has 0 atom stereocenters. The maximum Gasteiger partial charge on any atom is 0.309 e. The summed E-state index contributed by atoms with van der Waals surface area (Å²) in [7, 11) is 0. The second-order valence-corrected chi connectivity index (χ2v) is 4.86. The van der Waals surface area contributed by atoms with Crippen molar-refractivity contribution in [2.75, 3.05) is 0 Å². The molecular weight excluding hydrogens is 188 g/mol. The molecule has 0 amide bonds. The van der Waals surface area contributed by atoms with Gasteiger partial charge in [-0.25, -0.2) is 0 Å². The fourth-order valence-corrected chi connectivity index (χ4v) is 1.76. The van der Waals surface area contributed by atoms with Gasteiger partial charge in [-0.2, -0.15) is 0 Å². The molecule has 0 unspecified atom stereocenters. The summed E-state index contributed by atoms with van der Waals surface area (Å²) in [5.74, 6) is -0.748. The zero-order valence-corrected chi connectivity index (χ0v) is 9.79. The summed E-state index contributed by atoms with van der Waals surface area (Å²) in [6, 6.07) is 6.20. The molecule has 0 spiro atoms. The van der Waals surface area contributed by atoms with Crippen molar-refractivity contribution < 1.29 is 9.90 Å². The Hall–Kier alpha value is -1.31. The highest BCUT2D eigenvalue weighted by Crippen LogP contribution is 2.23. The average molecular weight is 206 g/mol. The second kappa shape index (κ2) is 4.05. The highest BCUT2D eigenvalue weighted by Gasteiger charge is 2.27. The average Bonchev–Trinajstić information content (AvgIpc) is 1.99. The number of aryl methyl sites for hydroxylation is 2. The maximum absolute atomic E-state index is 11.0. The van der Waals surface area contributed by atoms with E-state index in [0.29, 0.717) is 6.42 Å². The lowest BCUT2D eigenvalue weighted by Gasteiger charge is -2.19. The van der Waals surface area contributed by atoms with Crippen LogP contribution in [0.2, 0.25) is 0 Å². The number of carboxylic acid groups (broad SMARTS) is 1. The first-order valence-electron chi connectivity index (χ1n) is 5.12. The maximum atomic E-state index is 11.0. The van der Waals surface area contributed by atoms with Crippen molar-refractivity contribution in [1.29, 1.82) is 0 Å². The van der Waals surface area contributed by atoms with Gasteiger partial charge in [-0.3, -0.25) is 4.79 Å². The standard InChI is InChI=1S/C13H18O2/c1-9-5-10(2)7-11(6-9)8-13(3,4)12(14)15/h5-7H,8H2,1-4H3,(H,14,15). The number of benzene rings is 1. The molecule has 0 aliphatic rings. The molecule has 82 valence electrons. The SMILES string of the molecule is Cc1cc(C)cc(CC(C)(C)C(=O)O)c1. The van der Waals surface area contributed by atoms with Crippen LogP contribution in [0.5, 0.6) is 0 Å². The molecule has 1 aromatic rings. The number of hydrogen-bond acceptors (Lipinski definition) is 1. The monoisotopic (exact) mass is 206 g/mol. The lowest BCUT2D eigenvalue weighted by Crippen LogP contribution is -2.26. The molecule has 0 saturated carbocycles. The summed E-state index contributed by atoms with van der Waals surface area (Å²) in [5, 5.41) is 9.04. The van der Waals surface area contributed by atoms with E-state index in [9.17, 15) is 4.79 Å². The van der Waals surface area contributed by atoms with Crippen LogP contribution in [0.1, 0.15) is 30.5 Å². The zero-order valence-electron chi connectivity index (χ0n) is 9.79. The Morgan fingerprint density at radius 2 is 1.67 bits per heavy atom. The molecule has 0 bridgehead atoms. The first kappa shape index (κ1) is 11.8. The van der Waals surface area contributed by atoms with Crippen molar-refractivity contribution in [3.8, 4) is 0 Å². The Labute approximate surface area is 90.9 Å². The van der Waals surface area contributed by atoms with Gasteiger partial charge in [-0.15, -0.1) is 0 Å². The molecule has 0 aromatic heterocycles. The molecule has 1 rings (SSSR count). The molecule has 1 N–H and O–H groups in total. The smallest absolute Gasteiger partial charge is 0.309 e. The molecule has 15 heavy (non-hydrogen) atoms. The third-order valence-corrected chi connectivity index (χ3v) is 2.51. The van der Waals surface area contributed by atoms with Crippen LogP contribution in [-0.4, -0.2) is 11.1 Å². The van der Waals surface area contributed by atoms with Gasteiger partial charge in [-0.05, 0) is 39.7 Å². The first-order valence-corrected chi connectivity index (χ1v) is 5.12. The van der Waals surface area contributed by atoms with Gasteiger partial charge < -0.3 is 5.11 Å². The van der Waals surface area contributed by atoms with E-state index in [1.165, 1.54) is 11.1 Å². The molecule has 0 radical (unpaired) electrons. The molecule has 2 nitrogen and oxygen atoms in total. The van der Waals surface area contributed by atoms with E-state index < -0.39 is 11.4 Å². The number of carbonyl (C=O) groups is 1. The second-order valence-electron chi connectivity index (χ2n) is 4.86. The Balaban J connectivity index is 2.94.